The van der Waals surface area contributed by atoms with Crippen molar-refractivity contribution in [3.63, 3.8) is 0 Å². The van der Waals surface area contributed by atoms with Crippen LogP contribution in [0.15, 0.2) is 30.3 Å². The summed E-state index contributed by atoms with van der Waals surface area (Å²) in [5.41, 5.74) is 1.49. The van der Waals surface area contributed by atoms with E-state index in [1.165, 1.54) is 5.56 Å². The van der Waals surface area contributed by atoms with Crippen molar-refractivity contribution in [2.75, 3.05) is 26.7 Å². The molecule has 2 saturated heterocycles. The molecule has 2 atom stereocenters. The number of likely N-dealkylation sites (N-methyl/N-ethyl adjacent to an activating group) is 1. The Bertz CT molecular complexity index is 589. The van der Waals surface area contributed by atoms with Crippen LogP contribution in [-0.4, -0.2) is 59.5 Å². The predicted octanol–water partition coefficient (Wildman–Crippen LogP) is 1.73. The number of carbonyl (C=O) groups excluding carboxylic acids is 1. The highest BCUT2D eigenvalue weighted by Gasteiger charge is 2.50. The van der Waals surface area contributed by atoms with Gasteiger partial charge in [0.05, 0.1) is 6.42 Å². The van der Waals surface area contributed by atoms with E-state index < -0.39 is 5.97 Å². The summed E-state index contributed by atoms with van der Waals surface area (Å²) in [6.07, 6.45) is 2.09. The van der Waals surface area contributed by atoms with Gasteiger partial charge in [-0.15, -0.1) is 0 Å². The van der Waals surface area contributed by atoms with Gasteiger partial charge < -0.3 is 14.9 Å². The fourth-order valence-corrected chi connectivity index (χ4v) is 4.21. The number of hydrogen-bond donors (Lipinski definition) is 1. The van der Waals surface area contributed by atoms with E-state index in [1.54, 1.807) is 0 Å². The molecule has 3 rings (SSSR count). The molecule has 124 valence electrons. The molecule has 2 fully saturated rings. The lowest BCUT2D eigenvalue weighted by Gasteiger charge is -2.46. The third-order valence-electron chi connectivity index (χ3n) is 5.56. The first-order valence-corrected chi connectivity index (χ1v) is 8.28. The van der Waals surface area contributed by atoms with Gasteiger partial charge in [-0.1, -0.05) is 30.3 Å². The second-order valence-electron chi connectivity index (χ2n) is 6.75. The van der Waals surface area contributed by atoms with Crippen LogP contribution < -0.4 is 0 Å². The van der Waals surface area contributed by atoms with Crippen molar-refractivity contribution < 1.29 is 14.7 Å². The zero-order valence-corrected chi connectivity index (χ0v) is 13.6. The number of piperidine rings is 1. The lowest BCUT2D eigenvalue weighted by molar-refractivity contribution is -0.141. The van der Waals surface area contributed by atoms with Gasteiger partial charge in [-0.3, -0.25) is 9.59 Å². The van der Waals surface area contributed by atoms with Gasteiger partial charge in [0.2, 0.25) is 5.91 Å². The Morgan fingerprint density at radius 2 is 1.87 bits per heavy atom. The van der Waals surface area contributed by atoms with Crippen molar-refractivity contribution in [3.05, 3.63) is 35.9 Å². The number of hydrogen-bond acceptors (Lipinski definition) is 3. The van der Waals surface area contributed by atoms with E-state index in [0.29, 0.717) is 12.6 Å². The van der Waals surface area contributed by atoms with E-state index >= 15 is 0 Å². The summed E-state index contributed by atoms with van der Waals surface area (Å²) in [4.78, 5) is 27.2. The number of rotatable bonds is 4. The number of carboxylic acid groups (broad SMARTS) is 1. The largest absolute Gasteiger partial charge is 0.481 e. The molecule has 0 unspecified atom stereocenters. The number of fused-ring (bicyclic) bond motifs is 1. The second-order valence-corrected chi connectivity index (χ2v) is 6.75. The van der Waals surface area contributed by atoms with Crippen LogP contribution in [0.2, 0.25) is 0 Å². The monoisotopic (exact) mass is 316 g/mol. The molecule has 2 aliphatic rings. The lowest BCUT2D eigenvalue weighted by Crippen LogP contribution is -2.56. The van der Waals surface area contributed by atoms with Crippen molar-refractivity contribution in [1.82, 2.24) is 9.80 Å². The summed E-state index contributed by atoms with van der Waals surface area (Å²) in [6.45, 7) is 2.46. The minimum atomic E-state index is -0.910. The molecule has 0 aliphatic carbocycles. The van der Waals surface area contributed by atoms with E-state index in [1.807, 2.05) is 11.0 Å². The Kier molecular flexibility index (Phi) is 4.39. The molecule has 1 aromatic rings. The number of carboxylic acids is 1. The Morgan fingerprint density at radius 3 is 2.57 bits per heavy atom. The highest BCUT2D eigenvalue weighted by atomic mass is 16.4. The SMILES string of the molecule is CN1CC[C@]2(c3ccccc3)CCN(C(=O)CCC(=O)O)C[C@@H]12. The molecule has 0 bridgehead atoms. The third-order valence-corrected chi connectivity index (χ3v) is 5.56. The standard InChI is InChI=1S/C18H24N2O3/c1-19-11-9-18(14-5-3-2-4-6-14)10-12-20(13-15(18)19)16(21)7-8-17(22)23/h2-6,15H,7-13H2,1H3,(H,22,23)/t15-,18-/m1/s1. The van der Waals surface area contributed by atoms with Crippen LogP contribution in [0.1, 0.15) is 31.2 Å². The van der Waals surface area contributed by atoms with Crippen LogP contribution in [0.4, 0.5) is 0 Å². The number of benzene rings is 1. The predicted molar refractivity (Wildman–Crippen MR) is 87.2 cm³/mol. The molecule has 2 aliphatic heterocycles. The molecule has 2 heterocycles. The Labute approximate surface area is 136 Å². The van der Waals surface area contributed by atoms with Gasteiger partial charge in [-0.05, 0) is 32.0 Å². The summed E-state index contributed by atoms with van der Waals surface area (Å²) in [5.74, 6) is -0.943. The maximum absolute atomic E-state index is 12.3. The van der Waals surface area contributed by atoms with Crippen molar-refractivity contribution in [3.8, 4) is 0 Å². The van der Waals surface area contributed by atoms with Crippen LogP contribution >= 0.6 is 0 Å². The van der Waals surface area contributed by atoms with E-state index in [0.717, 1.165) is 25.9 Å². The molecule has 23 heavy (non-hydrogen) atoms. The van der Waals surface area contributed by atoms with Gasteiger partial charge >= 0.3 is 5.97 Å². The summed E-state index contributed by atoms with van der Waals surface area (Å²) < 4.78 is 0. The quantitative estimate of drug-likeness (QED) is 0.919. The molecule has 1 N–H and O–H groups in total. The van der Waals surface area contributed by atoms with E-state index in [9.17, 15) is 9.59 Å². The maximum Gasteiger partial charge on any atom is 0.303 e. The van der Waals surface area contributed by atoms with E-state index in [4.69, 9.17) is 5.11 Å². The first-order chi connectivity index (χ1) is 11.0. The van der Waals surface area contributed by atoms with Crippen molar-refractivity contribution >= 4 is 11.9 Å². The van der Waals surface area contributed by atoms with Gasteiger partial charge in [0.15, 0.2) is 0 Å². The van der Waals surface area contributed by atoms with E-state index in [-0.39, 0.29) is 24.2 Å². The van der Waals surface area contributed by atoms with Crippen molar-refractivity contribution in [1.29, 1.82) is 0 Å². The van der Waals surface area contributed by atoms with Gasteiger partial charge in [-0.2, -0.15) is 0 Å². The highest BCUT2D eigenvalue weighted by molar-refractivity contribution is 5.81. The average molecular weight is 316 g/mol. The van der Waals surface area contributed by atoms with Crippen LogP contribution in [0.25, 0.3) is 0 Å². The summed E-state index contributed by atoms with van der Waals surface area (Å²) >= 11 is 0. The molecule has 1 amide bonds. The molecule has 0 aromatic heterocycles. The minimum Gasteiger partial charge on any atom is -0.481 e. The van der Waals surface area contributed by atoms with Crippen molar-refractivity contribution in [2.45, 2.75) is 37.1 Å². The normalized spacial score (nSPS) is 27.7. The summed E-state index contributed by atoms with van der Waals surface area (Å²) in [6, 6.07) is 10.9. The Hall–Kier alpha value is -1.88. The molecular formula is C18H24N2O3. The van der Waals surface area contributed by atoms with Gasteiger partial charge in [0.1, 0.15) is 0 Å². The molecular weight excluding hydrogens is 292 g/mol. The Morgan fingerprint density at radius 1 is 1.17 bits per heavy atom. The lowest BCUT2D eigenvalue weighted by atomic mass is 9.69. The van der Waals surface area contributed by atoms with Gasteiger partial charge in [0.25, 0.3) is 0 Å². The number of amides is 1. The van der Waals surface area contributed by atoms with Gasteiger partial charge in [-0.25, -0.2) is 0 Å². The smallest absolute Gasteiger partial charge is 0.303 e. The van der Waals surface area contributed by atoms with Crippen molar-refractivity contribution in [2.24, 2.45) is 0 Å². The second kappa shape index (κ2) is 6.32. The molecule has 0 spiro atoms. The van der Waals surface area contributed by atoms with Crippen LogP contribution in [0.5, 0.6) is 0 Å². The zero-order valence-electron chi connectivity index (χ0n) is 13.6. The zero-order chi connectivity index (χ0) is 16.4. The number of nitrogens with zero attached hydrogens (tertiary/aromatic N) is 2. The van der Waals surface area contributed by atoms with Gasteiger partial charge in [0, 0.05) is 31.0 Å². The molecule has 1 aromatic carbocycles. The van der Waals surface area contributed by atoms with E-state index in [2.05, 4.69) is 36.2 Å². The summed E-state index contributed by atoms with van der Waals surface area (Å²) in [7, 11) is 2.13. The molecule has 0 saturated carbocycles. The minimum absolute atomic E-state index is 0.0330. The molecule has 5 nitrogen and oxygen atoms in total. The summed E-state index contributed by atoms with van der Waals surface area (Å²) in [5, 5.41) is 8.76. The third kappa shape index (κ3) is 2.98. The number of aliphatic carboxylic acids is 1. The molecule has 0 radical (unpaired) electrons. The number of carbonyl (C=O) groups is 2. The van der Waals surface area contributed by atoms with Crippen LogP contribution in [0.3, 0.4) is 0 Å². The first-order valence-electron chi connectivity index (χ1n) is 8.28. The maximum atomic E-state index is 12.3. The highest BCUT2D eigenvalue weighted by Crippen LogP contribution is 2.45. The number of likely N-dealkylation sites (tertiary alicyclic amines) is 2. The Balaban J connectivity index is 1.77. The fourth-order valence-electron chi connectivity index (χ4n) is 4.21. The average Bonchev–Trinajstić information content (AvgIpc) is 2.91. The topological polar surface area (TPSA) is 60.9 Å². The molecule has 5 heteroatoms. The van der Waals surface area contributed by atoms with Crippen LogP contribution in [0, 0.1) is 0 Å². The fraction of sp³-hybridized carbons (Fsp3) is 0.556. The first kappa shape index (κ1) is 16.0. The van der Waals surface area contributed by atoms with Crippen LogP contribution in [-0.2, 0) is 15.0 Å².